The first-order chi connectivity index (χ1) is 14.2. The van der Waals surface area contributed by atoms with Gasteiger partial charge in [-0.3, -0.25) is 4.79 Å². The van der Waals surface area contributed by atoms with Crippen molar-refractivity contribution in [1.29, 1.82) is 0 Å². The van der Waals surface area contributed by atoms with Gasteiger partial charge in [0, 0.05) is 11.6 Å². The van der Waals surface area contributed by atoms with Crippen LogP contribution >= 0.6 is 23.1 Å². The van der Waals surface area contributed by atoms with Crippen molar-refractivity contribution in [1.82, 2.24) is 20.5 Å². The van der Waals surface area contributed by atoms with Crippen LogP contribution in [0.3, 0.4) is 0 Å². The molecule has 0 spiro atoms. The monoisotopic (exact) mass is 428 g/mol. The van der Waals surface area contributed by atoms with Crippen molar-refractivity contribution in [3.8, 4) is 22.8 Å². The molecule has 1 saturated carbocycles. The number of hydrogen-bond donors (Lipinski definition) is 1. The van der Waals surface area contributed by atoms with Crippen LogP contribution in [0.4, 0.5) is 0 Å². The normalized spacial score (nSPS) is 15.9. The van der Waals surface area contributed by atoms with E-state index in [9.17, 15) is 4.79 Å². The highest BCUT2D eigenvalue weighted by molar-refractivity contribution is 8.00. The number of aryl methyl sites for hydroxylation is 1. The van der Waals surface area contributed by atoms with Gasteiger partial charge in [0.15, 0.2) is 11.5 Å². The number of carbonyl (C=O) groups is 1. The lowest BCUT2D eigenvalue weighted by molar-refractivity contribution is -0.119. The van der Waals surface area contributed by atoms with Crippen LogP contribution in [0.5, 0.6) is 11.5 Å². The van der Waals surface area contributed by atoms with Crippen molar-refractivity contribution in [2.75, 3.05) is 12.5 Å². The van der Waals surface area contributed by atoms with Crippen LogP contribution in [-0.2, 0) is 4.79 Å². The molecule has 0 unspecified atom stereocenters. The van der Waals surface area contributed by atoms with Crippen molar-refractivity contribution in [2.24, 2.45) is 0 Å². The van der Waals surface area contributed by atoms with Gasteiger partial charge in [-0.25, -0.2) is 4.98 Å². The minimum atomic E-state index is 0.0450. The fourth-order valence-electron chi connectivity index (χ4n) is 3.72. The lowest BCUT2D eigenvalue weighted by atomic mass is 10.1. The molecule has 7 nitrogen and oxygen atoms in total. The zero-order valence-electron chi connectivity index (χ0n) is 15.9. The van der Waals surface area contributed by atoms with E-state index in [1.165, 1.54) is 24.6 Å². The smallest absolute Gasteiger partial charge is 0.231 e. The number of nitrogens with one attached hydrogen (secondary N) is 1. The average Bonchev–Trinajstić information content (AvgIpc) is 3.45. The van der Waals surface area contributed by atoms with Crippen LogP contribution in [-0.4, -0.2) is 39.7 Å². The van der Waals surface area contributed by atoms with Gasteiger partial charge in [-0.2, -0.15) is 0 Å². The first-order valence-electron chi connectivity index (χ1n) is 9.63. The van der Waals surface area contributed by atoms with Crippen molar-refractivity contribution in [3.63, 3.8) is 0 Å². The molecule has 1 aliphatic carbocycles. The van der Waals surface area contributed by atoms with Gasteiger partial charge in [0.05, 0.1) is 15.5 Å². The van der Waals surface area contributed by atoms with Gasteiger partial charge in [-0.05, 0) is 38.0 Å². The molecule has 3 aromatic rings. The molecular formula is C20H20N4O3S2. The summed E-state index contributed by atoms with van der Waals surface area (Å²) < 4.78 is 11.9. The second-order valence-corrected chi connectivity index (χ2v) is 9.34. The number of benzene rings is 1. The number of aromatic nitrogens is 3. The lowest BCUT2D eigenvalue weighted by Crippen LogP contribution is -2.33. The molecule has 0 bridgehead atoms. The first-order valence-corrected chi connectivity index (χ1v) is 11.4. The van der Waals surface area contributed by atoms with Crippen LogP contribution in [0.1, 0.15) is 30.7 Å². The number of amides is 1. The van der Waals surface area contributed by atoms with Crippen LogP contribution in [0.15, 0.2) is 23.2 Å². The van der Waals surface area contributed by atoms with Crippen LogP contribution in [0.25, 0.3) is 21.5 Å². The molecule has 0 atom stereocenters. The predicted molar refractivity (Wildman–Crippen MR) is 113 cm³/mol. The molecule has 0 radical (unpaired) electrons. The Kier molecular flexibility index (Phi) is 5.01. The average molecular weight is 429 g/mol. The van der Waals surface area contributed by atoms with Crippen molar-refractivity contribution in [3.05, 3.63) is 23.2 Å². The van der Waals surface area contributed by atoms with E-state index in [1.54, 1.807) is 11.3 Å². The number of rotatable bonds is 5. The molecule has 1 fully saturated rings. The molecule has 29 heavy (non-hydrogen) atoms. The van der Waals surface area contributed by atoms with Gasteiger partial charge in [0.1, 0.15) is 16.2 Å². The lowest BCUT2D eigenvalue weighted by Gasteiger charge is -2.11. The fraction of sp³-hybridized carbons (Fsp3) is 0.400. The van der Waals surface area contributed by atoms with Gasteiger partial charge >= 0.3 is 0 Å². The van der Waals surface area contributed by atoms with Crippen LogP contribution in [0, 0.1) is 6.92 Å². The Bertz CT molecular complexity index is 1080. The van der Waals surface area contributed by atoms with E-state index >= 15 is 0 Å². The highest BCUT2D eigenvalue weighted by Gasteiger charge is 2.21. The Hall–Kier alpha value is -2.39. The van der Waals surface area contributed by atoms with E-state index < -0.39 is 0 Å². The zero-order chi connectivity index (χ0) is 19.8. The fourth-order valence-corrected chi connectivity index (χ4v) is 5.45. The van der Waals surface area contributed by atoms with Gasteiger partial charge in [-0.1, -0.05) is 24.6 Å². The summed E-state index contributed by atoms with van der Waals surface area (Å²) >= 11 is 2.97. The molecule has 1 N–H and O–H groups in total. The maximum Gasteiger partial charge on any atom is 0.231 e. The summed E-state index contributed by atoms with van der Waals surface area (Å²) in [5.74, 6) is 1.81. The first kappa shape index (κ1) is 18.6. The van der Waals surface area contributed by atoms with E-state index in [0.29, 0.717) is 22.6 Å². The Morgan fingerprint density at radius 1 is 1.24 bits per heavy atom. The van der Waals surface area contributed by atoms with E-state index in [2.05, 4.69) is 20.5 Å². The summed E-state index contributed by atoms with van der Waals surface area (Å²) in [6.45, 7) is 2.20. The highest BCUT2D eigenvalue weighted by Crippen LogP contribution is 2.39. The highest BCUT2D eigenvalue weighted by atomic mass is 32.2. The number of nitrogens with zero attached hydrogens (tertiary/aromatic N) is 3. The molecule has 2 aromatic heterocycles. The third-order valence-electron chi connectivity index (χ3n) is 5.10. The van der Waals surface area contributed by atoms with Gasteiger partial charge in [0.2, 0.25) is 12.7 Å². The second-order valence-electron chi connectivity index (χ2n) is 7.17. The molecule has 1 aliphatic heterocycles. The minimum absolute atomic E-state index is 0.0450. The zero-order valence-corrected chi connectivity index (χ0v) is 17.6. The minimum Gasteiger partial charge on any atom is -0.454 e. The SMILES string of the molecule is Cc1nc2c(SCC(=O)NC3CCCC3)nnc(-c3ccc4c(c3)OCO4)c2s1. The standard InChI is InChI=1S/C20H20N4O3S2/c1-11-21-18-19(29-11)17(12-6-7-14-15(8-12)27-10-26-14)23-24-20(18)28-9-16(25)22-13-4-2-3-5-13/h6-8,13H,2-5,9-10H2,1H3,(H,22,25). The Morgan fingerprint density at radius 2 is 2.07 bits per heavy atom. The van der Waals surface area contributed by atoms with E-state index in [1.807, 2.05) is 25.1 Å². The van der Waals surface area contributed by atoms with Crippen molar-refractivity contribution >= 4 is 39.2 Å². The molecule has 1 amide bonds. The van der Waals surface area contributed by atoms with Gasteiger partial charge in [0.25, 0.3) is 0 Å². The largest absolute Gasteiger partial charge is 0.454 e. The second kappa shape index (κ2) is 7.79. The summed E-state index contributed by atoms with van der Waals surface area (Å²) in [5, 5.41) is 13.6. The summed E-state index contributed by atoms with van der Waals surface area (Å²) in [6, 6.07) is 6.08. The van der Waals surface area contributed by atoms with Crippen molar-refractivity contribution < 1.29 is 14.3 Å². The third-order valence-corrected chi connectivity index (χ3v) is 7.03. The maximum absolute atomic E-state index is 12.3. The summed E-state index contributed by atoms with van der Waals surface area (Å²) in [4.78, 5) is 16.9. The Balaban J connectivity index is 1.40. The van der Waals surface area contributed by atoms with E-state index in [0.717, 1.165) is 45.1 Å². The van der Waals surface area contributed by atoms with Gasteiger partial charge < -0.3 is 14.8 Å². The number of fused-ring (bicyclic) bond motifs is 2. The summed E-state index contributed by atoms with van der Waals surface area (Å²) in [5.41, 5.74) is 2.48. The number of thiazole rings is 1. The molecule has 9 heteroatoms. The number of ether oxygens (including phenoxy) is 2. The van der Waals surface area contributed by atoms with Crippen LogP contribution < -0.4 is 14.8 Å². The van der Waals surface area contributed by atoms with Crippen LogP contribution in [0.2, 0.25) is 0 Å². The Morgan fingerprint density at radius 3 is 2.93 bits per heavy atom. The topological polar surface area (TPSA) is 86.2 Å². The number of thioether (sulfide) groups is 1. The number of carbonyl (C=O) groups excluding carboxylic acids is 1. The van der Waals surface area contributed by atoms with E-state index in [4.69, 9.17) is 9.47 Å². The third kappa shape index (κ3) is 3.76. The molecule has 3 heterocycles. The quantitative estimate of drug-likeness (QED) is 0.616. The molecule has 1 aromatic carbocycles. The summed E-state index contributed by atoms with van der Waals surface area (Å²) in [7, 11) is 0. The maximum atomic E-state index is 12.3. The molecular weight excluding hydrogens is 408 g/mol. The number of hydrogen-bond acceptors (Lipinski definition) is 8. The molecule has 2 aliphatic rings. The van der Waals surface area contributed by atoms with Gasteiger partial charge in [-0.15, -0.1) is 21.5 Å². The Labute approximate surface area is 176 Å². The van der Waals surface area contributed by atoms with Crippen molar-refractivity contribution in [2.45, 2.75) is 43.7 Å². The predicted octanol–water partition coefficient (Wildman–Crippen LogP) is 3.94. The van der Waals surface area contributed by atoms with E-state index in [-0.39, 0.29) is 12.7 Å². The molecule has 5 rings (SSSR count). The summed E-state index contributed by atoms with van der Waals surface area (Å²) in [6.07, 6.45) is 4.55. The molecule has 150 valence electrons. The molecule has 0 saturated heterocycles.